The molecule has 0 aliphatic rings. The SMILES string of the molecule is CN=C(NCCCCSC)NC(C)(C)C.I. The maximum Gasteiger partial charge on any atom is 0.191 e. The summed E-state index contributed by atoms with van der Waals surface area (Å²) in [4.78, 5) is 4.18. The zero-order valence-electron chi connectivity index (χ0n) is 11.1. The summed E-state index contributed by atoms with van der Waals surface area (Å²) in [5.41, 5.74) is 0.0705. The summed E-state index contributed by atoms with van der Waals surface area (Å²) in [6.45, 7) is 7.39. The largest absolute Gasteiger partial charge is 0.356 e. The van der Waals surface area contributed by atoms with Crippen molar-refractivity contribution in [2.45, 2.75) is 39.2 Å². The number of hydrogen-bond acceptors (Lipinski definition) is 2. The lowest BCUT2D eigenvalue weighted by molar-refractivity contribution is 0.501. The lowest BCUT2D eigenvalue weighted by Gasteiger charge is -2.23. The van der Waals surface area contributed by atoms with Gasteiger partial charge < -0.3 is 10.6 Å². The first-order chi connectivity index (χ1) is 6.99. The number of unbranched alkanes of at least 4 members (excludes halogenated alkanes) is 1. The van der Waals surface area contributed by atoms with Crippen molar-refractivity contribution < 1.29 is 0 Å². The molecule has 0 saturated heterocycles. The van der Waals surface area contributed by atoms with Crippen LogP contribution in [0.5, 0.6) is 0 Å². The van der Waals surface area contributed by atoms with Crippen LogP contribution in [-0.4, -0.2) is 37.1 Å². The molecule has 0 aromatic heterocycles. The molecule has 5 heteroatoms. The van der Waals surface area contributed by atoms with Crippen molar-refractivity contribution in [1.29, 1.82) is 0 Å². The van der Waals surface area contributed by atoms with Crippen LogP contribution in [0.1, 0.15) is 33.6 Å². The maximum absolute atomic E-state index is 4.18. The topological polar surface area (TPSA) is 36.4 Å². The first-order valence-corrected chi connectivity index (χ1v) is 6.87. The highest BCUT2D eigenvalue weighted by Gasteiger charge is 2.10. The van der Waals surface area contributed by atoms with Crippen LogP contribution in [0.25, 0.3) is 0 Å². The van der Waals surface area contributed by atoms with Crippen LogP contribution in [-0.2, 0) is 0 Å². The Morgan fingerprint density at radius 3 is 2.31 bits per heavy atom. The molecule has 0 heterocycles. The molecule has 0 radical (unpaired) electrons. The van der Waals surface area contributed by atoms with Crippen molar-refractivity contribution in [3.63, 3.8) is 0 Å². The highest BCUT2D eigenvalue weighted by molar-refractivity contribution is 14.0. The first kappa shape index (κ1) is 18.7. The molecule has 0 fully saturated rings. The summed E-state index contributed by atoms with van der Waals surface area (Å²) in [6, 6.07) is 0. The van der Waals surface area contributed by atoms with Gasteiger partial charge in [-0.05, 0) is 45.6 Å². The fourth-order valence-electron chi connectivity index (χ4n) is 1.11. The van der Waals surface area contributed by atoms with Gasteiger partial charge in [-0.25, -0.2) is 0 Å². The number of nitrogens with zero attached hydrogens (tertiary/aromatic N) is 1. The minimum absolute atomic E-state index is 0. The van der Waals surface area contributed by atoms with E-state index in [1.54, 1.807) is 0 Å². The number of rotatable bonds is 5. The van der Waals surface area contributed by atoms with E-state index in [-0.39, 0.29) is 29.5 Å². The van der Waals surface area contributed by atoms with E-state index >= 15 is 0 Å². The Balaban J connectivity index is 0. The van der Waals surface area contributed by atoms with Gasteiger partial charge in [-0.2, -0.15) is 11.8 Å². The van der Waals surface area contributed by atoms with Crippen molar-refractivity contribution in [2.75, 3.05) is 25.6 Å². The zero-order valence-corrected chi connectivity index (χ0v) is 14.2. The van der Waals surface area contributed by atoms with Gasteiger partial charge in [0, 0.05) is 19.1 Å². The third-order valence-electron chi connectivity index (χ3n) is 1.78. The van der Waals surface area contributed by atoms with Crippen LogP contribution in [0, 0.1) is 0 Å². The maximum atomic E-state index is 4.18. The Bertz CT molecular complexity index is 190. The summed E-state index contributed by atoms with van der Waals surface area (Å²) in [5, 5.41) is 6.64. The van der Waals surface area contributed by atoms with Gasteiger partial charge >= 0.3 is 0 Å². The lowest BCUT2D eigenvalue weighted by Crippen LogP contribution is -2.47. The summed E-state index contributed by atoms with van der Waals surface area (Å²) in [7, 11) is 1.81. The average molecular weight is 359 g/mol. The number of thioether (sulfide) groups is 1. The monoisotopic (exact) mass is 359 g/mol. The van der Waals surface area contributed by atoms with Crippen molar-refractivity contribution in [2.24, 2.45) is 4.99 Å². The van der Waals surface area contributed by atoms with Crippen molar-refractivity contribution in [1.82, 2.24) is 10.6 Å². The Kier molecular flexibility index (Phi) is 12.3. The third-order valence-corrected chi connectivity index (χ3v) is 2.48. The van der Waals surface area contributed by atoms with Crippen molar-refractivity contribution in [3.05, 3.63) is 0 Å². The number of halogens is 1. The smallest absolute Gasteiger partial charge is 0.191 e. The fraction of sp³-hybridized carbons (Fsp3) is 0.909. The molecule has 0 saturated carbocycles. The molecule has 0 unspecified atom stereocenters. The van der Waals surface area contributed by atoms with Gasteiger partial charge in [-0.3, -0.25) is 4.99 Å². The van der Waals surface area contributed by atoms with Gasteiger partial charge in [0.1, 0.15) is 0 Å². The zero-order chi connectivity index (χ0) is 11.7. The van der Waals surface area contributed by atoms with Crippen LogP contribution < -0.4 is 10.6 Å². The Morgan fingerprint density at radius 1 is 1.25 bits per heavy atom. The molecule has 16 heavy (non-hydrogen) atoms. The van der Waals surface area contributed by atoms with E-state index in [1.807, 2.05) is 18.8 Å². The number of guanidine groups is 1. The summed E-state index contributed by atoms with van der Waals surface area (Å²) in [5.74, 6) is 2.14. The lowest BCUT2D eigenvalue weighted by atomic mass is 10.1. The average Bonchev–Trinajstić information content (AvgIpc) is 2.14. The quantitative estimate of drug-likeness (QED) is 0.343. The van der Waals surface area contributed by atoms with E-state index < -0.39 is 0 Å². The van der Waals surface area contributed by atoms with Crippen LogP contribution in [0.2, 0.25) is 0 Å². The summed E-state index contributed by atoms with van der Waals surface area (Å²) in [6.07, 6.45) is 4.61. The summed E-state index contributed by atoms with van der Waals surface area (Å²) >= 11 is 1.90. The molecule has 0 aliphatic heterocycles. The van der Waals surface area contributed by atoms with Crippen LogP contribution in [0.15, 0.2) is 4.99 Å². The Morgan fingerprint density at radius 2 is 1.88 bits per heavy atom. The second-order valence-electron chi connectivity index (χ2n) is 4.57. The van der Waals surface area contributed by atoms with Gasteiger partial charge in [-0.1, -0.05) is 0 Å². The van der Waals surface area contributed by atoms with Gasteiger partial charge in [0.25, 0.3) is 0 Å². The second kappa shape index (κ2) is 10.5. The van der Waals surface area contributed by atoms with Gasteiger partial charge in [0.15, 0.2) is 5.96 Å². The van der Waals surface area contributed by atoms with E-state index in [2.05, 4.69) is 42.7 Å². The molecule has 0 rings (SSSR count). The van der Waals surface area contributed by atoms with Crippen molar-refractivity contribution >= 4 is 41.7 Å². The van der Waals surface area contributed by atoms with Crippen LogP contribution in [0.3, 0.4) is 0 Å². The number of hydrogen-bond donors (Lipinski definition) is 2. The third kappa shape index (κ3) is 12.4. The highest BCUT2D eigenvalue weighted by Crippen LogP contribution is 1.99. The minimum atomic E-state index is 0. The molecular formula is C11H26IN3S. The van der Waals surface area contributed by atoms with Gasteiger partial charge in [0.2, 0.25) is 0 Å². The van der Waals surface area contributed by atoms with E-state index in [9.17, 15) is 0 Å². The Labute approximate surface area is 122 Å². The van der Waals surface area contributed by atoms with Crippen molar-refractivity contribution in [3.8, 4) is 0 Å². The predicted octanol–water partition coefficient (Wildman–Crippen LogP) is 2.71. The fourth-order valence-corrected chi connectivity index (χ4v) is 1.61. The molecule has 0 amide bonds. The summed E-state index contributed by atoms with van der Waals surface area (Å²) < 4.78 is 0. The molecule has 2 N–H and O–H groups in total. The van der Waals surface area contributed by atoms with Gasteiger partial charge in [0.05, 0.1) is 0 Å². The molecule has 0 aliphatic carbocycles. The van der Waals surface area contributed by atoms with E-state index in [0.717, 1.165) is 12.5 Å². The van der Waals surface area contributed by atoms with Crippen LogP contribution >= 0.6 is 35.7 Å². The first-order valence-electron chi connectivity index (χ1n) is 5.47. The number of aliphatic imine (C=N–C) groups is 1. The van der Waals surface area contributed by atoms with Crippen LogP contribution in [0.4, 0.5) is 0 Å². The molecule has 0 atom stereocenters. The molecule has 3 nitrogen and oxygen atoms in total. The molecule has 0 aromatic carbocycles. The highest BCUT2D eigenvalue weighted by atomic mass is 127. The van der Waals surface area contributed by atoms with E-state index in [4.69, 9.17) is 0 Å². The molecule has 0 spiro atoms. The normalized spacial score (nSPS) is 11.9. The predicted molar refractivity (Wildman–Crippen MR) is 87.3 cm³/mol. The molecule has 98 valence electrons. The number of nitrogens with one attached hydrogen (secondary N) is 2. The molecule has 0 bridgehead atoms. The van der Waals surface area contributed by atoms with Gasteiger partial charge in [-0.15, -0.1) is 24.0 Å². The standard InChI is InChI=1S/C11H25N3S.HI/c1-11(2,3)14-10(12-4)13-8-6-7-9-15-5;/h6-9H2,1-5H3,(H2,12,13,14);1H. The molecular weight excluding hydrogens is 333 g/mol. The molecule has 0 aromatic rings. The van der Waals surface area contributed by atoms with E-state index in [1.165, 1.54) is 18.6 Å². The van der Waals surface area contributed by atoms with E-state index in [0.29, 0.717) is 0 Å². The Hall–Kier alpha value is 0.350. The minimum Gasteiger partial charge on any atom is -0.356 e. The second-order valence-corrected chi connectivity index (χ2v) is 5.56.